The van der Waals surface area contributed by atoms with Gasteiger partial charge in [-0.15, -0.1) is 0 Å². The molecule has 0 radical (unpaired) electrons. The summed E-state index contributed by atoms with van der Waals surface area (Å²) in [5.74, 6) is 2.47. The molecule has 0 aliphatic heterocycles. The largest absolute Gasteiger partial charge is 0.455 e. The van der Waals surface area contributed by atoms with Crippen LogP contribution in [0.15, 0.2) is 89.5 Å². The number of nitrogens with zero attached hydrogens (tertiary/aromatic N) is 2. The Balaban J connectivity index is 1.76. The highest BCUT2D eigenvalue weighted by Crippen LogP contribution is 2.39. The molecule has 0 atom stereocenters. The van der Waals surface area contributed by atoms with Crippen molar-refractivity contribution in [3.63, 3.8) is 0 Å². The van der Waals surface area contributed by atoms with E-state index in [1.54, 1.807) is 0 Å². The third-order valence-electron chi connectivity index (χ3n) is 5.52. The van der Waals surface area contributed by atoms with Crippen LogP contribution >= 0.6 is 15.9 Å². The average molecular weight is 471 g/mol. The van der Waals surface area contributed by atoms with Crippen LogP contribution in [0, 0.1) is 0 Å². The lowest BCUT2D eigenvalue weighted by Gasteiger charge is -2.19. The van der Waals surface area contributed by atoms with Crippen LogP contribution in [0.3, 0.4) is 0 Å². The van der Waals surface area contributed by atoms with E-state index >= 15 is 0 Å². The van der Waals surface area contributed by atoms with E-state index in [1.807, 2.05) is 42.6 Å². The molecule has 0 bridgehead atoms. The van der Waals surface area contributed by atoms with Crippen LogP contribution in [-0.4, -0.2) is 9.55 Å². The summed E-state index contributed by atoms with van der Waals surface area (Å²) in [5, 5.41) is 2.32. The number of hydrogen-bond acceptors (Lipinski definition) is 2. The van der Waals surface area contributed by atoms with Crippen LogP contribution in [0.25, 0.3) is 27.6 Å². The van der Waals surface area contributed by atoms with Crippen molar-refractivity contribution in [2.24, 2.45) is 0 Å². The molecule has 3 nitrogen and oxygen atoms in total. The monoisotopic (exact) mass is 470 g/mol. The highest BCUT2D eigenvalue weighted by Gasteiger charge is 2.19. The maximum absolute atomic E-state index is 6.36. The molecule has 154 valence electrons. The zero-order chi connectivity index (χ0) is 21.6. The Labute approximate surface area is 190 Å². The summed E-state index contributed by atoms with van der Waals surface area (Å²) in [5.41, 5.74) is 3.39. The maximum atomic E-state index is 6.36. The lowest BCUT2D eigenvalue weighted by atomic mass is 9.88. The summed E-state index contributed by atoms with van der Waals surface area (Å²) < 4.78 is 9.55. The first-order valence-corrected chi connectivity index (χ1v) is 11.1. The van der Waals surface area contributed by atoms with Gasteiger partial charge in [-0.1, -0.05) is 79.2 Å². The lowest BCUT2D eigenvalue weighted by molar-refractivity contribution is 0.486. The molecule has 0 fully saturated rings. The summed E-state index contributed by atoms with van der Waals surface area (Å²) in [6, 6.07) is 26.8. The summed E-state index contributed by atoms with van der Waals surface area (Å²) in [6.07, 6.45) is 1.98. The predicted molar refractivity (Wildman–Crippen MR) is 131 cm³/mol. The minimum absolute atomic E-state index is 0.0569. The van der Waals surface area contributed by atoms with Gasteiger partial charge in [0.1, 0.15) is 11.6 Å². The normalized spacial score (nSPS) is 11.9. The molecule has 0 saturated carbocycles. The van der Waals surface area contributed by atoms with Gasteiger partial charge in [0.2, 0.25) is 0 Å². The van der Waals surface area contributed by atoms with Crippen molar-refractivity contribution < 1.29 is 4.74 Å². The maximum Gasteiger partial charge on any atom is 0.152 e. The summed E-state index contributed by atoms with van der Waals surface area (Å²) in [6.45, 7) is 6.61. The number of fused-ring (bicyclic) bond motifs is 3. The Hall–Kier alpha value is -3.11. The molecular formula is C27H23BrN2O. The van der Waals surface area contributed by atoms with E-state index in [2.05, 4.69) is 83.7 Å². The van der Waals surface area contributed by atoms with Crippen molar-refractivity contribution in [2.75, 3.05) is 0 Å². The average Bonchev–Trinajstić information content (AvgIpc) is 3.09. The molecule has 3 aromatic carbocycles. The Bertz CT molecular complexity index is 1390. The van der Waals surface area contributed by atoms with Crippen LogP contribution in [0.2, 0.25) is 0 Å². The minimum atomic E-state index is 0.0569. The second-order valence-corrected chi connectivity index (χ2v) is 9.64. The van der Waals surface area contributed by atoms with E-state index in [0.29, 0.717) is 0 Å². The fraction of sp³-hybridized carbons (Fsp3) is 0.148. The number of benzene rings is 3. The number of ether oxygens (including phenoxy) is 1. The molecule has 0 amide bonds. The predicted octanol–water partition coefficient (Wildman–Crippen LogP) is 8.03. The van der Waals surface area contributed by atoms with Crippen molar-refractivity contribution in [2.45, 2.75) is 26.2 Å². The second-order valence-electron chi connectivity index (χ2n) is 8.72. The van der Waals surface area contributed by atoms with E-state index in [0.717, 1.165) is 38.2 Å². The number of pyridine rings is 1. The van der Waals surface area contributed by atoms with Crippen LogP contribution in [0.1, 0.15) is 26.3 Å². The quantitative estimate of drug-likeness (QED) is 0.266. The topological polar surface area (TPSA) is 27.1 Å². The molecule has 2 heterocycles. The zero-order valence-corrected chi connectivity index (χ0v) is 19.3. The van der Waals surface area contributed by atoms with Gasteiger partial charge in [0.05, 0.1) is 11.0 Å². The standard InChI is InChI=1S/C27H23BrN2O/c1-27(2,3)18-14-15-25(29-17-18)30-23-12-5-4-10-21(23)22-11-7-13-24(26(22)30)31-20-9-6-8-19(28)16-20/h4-17H,1-3H3. The number of aromatic nitrogens is 2. The van der Waals surface area contributed by atoms with Crippen LogP contribution < -0.4 is 4.74 Å². The molecule has 0 unspecified atom stereocenters. The van der Waals surface area contributed by atoms with E-state index in [4.69, 9.17) is 9.72 Å². The van der Waals surface area contributed by atoms with E-state index in [1.165, 1.54) is 10.9 Å². The molecular weight excluding hydrogens is 448 g/mol. The first-order chi connectivity index (χ1) is 14.9. The van der Waals surface area contributed by atoms with Gasteiger partial charge in [-0.05, 0) is 47.4 Å². The van der Waals surface area contributed by atoms with E-state index < -0.39 is 0 Å². The molecule has 5 rings (SSSR count). The van der Waals surface area contributed by atoms with Gasteiger partial charge in [-0.25, -0.2) is 4.98 Å². The van der Waals surface area contributed by atoms with Gasteiger partial charge in [0, 0.05) is 21.4 Å². The lowest BCUT2D eigenvalue weighted by Crippen LogP contribution is -2.12. The molecule has 0 aliphatic rings. The fourth-order valence-corrected chi connectivity index (χ4v) is 4.31. The molecule has 4 heteroatoms. The molecule has 0 aliphatic carbocycles. The Morgan fingerprint density at radius 1 is 0.839 bits per heavy atom. The third-order valence-corrected chi connectivity index (χ3v) is 6.02. The molecule has 0 N–H and O–H groups in total. The molecule has 0 spiro atoms. The van der Waals surface area contributed by atoms with Gasteiger partial charge in [-0.3, -0.25) is 4.57 Å². The number of rotatable bonds is 3. The number of hydrogen-bond donors (Lipinski definition) is 0. The van der Waals surface area contributed by atoms with Crippen molar-refractivity contribution >= 4 is 37.7 Å². The smallest absolute Gasteiger partial charge is 0.152 e. The Kier molecular flexibility index (Phi) is 4.82. The van der Waals surface area contributed by atoms with Crippen molar-refractivity contribution in [1.82, 2.24) is 9.55 Å². The van der Waals surface area contributed by atoms with Crippen LogP contribution in [0.4, 0.5) is 0 Å². The Morgan fingerprint density at radius 3 is 2.35 bits per heavy atom. The van der Waals surface area contributed by atoms with Gasteiger partial charge in [0.15, 0.2) is 5.75 Å². The number of para-hydroxylation sites is 2. The van der Waals surface area contributed by atoms with Crippen LogP contribution in [-0.2, 0) is 5.41 Å². The zero-order valence-electron chi connectivity index (χ0n) is 17.8. The SMILES string of the molecule is CC(C)(C)c1ccc(-n2c3ccccc3c3cccc(Oc4cccc(Br)c4)c32)nc1. The third kappa shape index (κ3) is 3.61. The first-order valence-electron chi connectivity index (χ1n) is 10.3. The fourth-order valence-electron chi connectivity index (χ4n) is 3.93. The van der Waals surface area contributed by atoms with Crippen molar-refractivity contribution in [3.8, 4) is 17.3 Å². The van der Waals surface area contributed by atoms with Crippen molar-refractivity contribution in [1.29, 1.82) is 0 Å². The van der Waals surface area contributed by atoms with E-state index in [9.17, 15) is 0 Å². The van der Waals surface area contributed by atoms with E-state index in [-0.39, 0.29) is 5.41 Å². The second kappa shape index (κ2) is 7.54. The van der Waals surface area contributed by atoms with Gasteiger partial charge < -0.3 is 4.74 Å². The molecule has 5 aromatic rings. The Morgan fingerprint density at radius 2 is 1.61 bits per heavy atom. The molecule has 0 saturated heterocycles. The molecule has 2 aromatic heterocycles. The minimum Gasteiger partial charge on any atom is -0.455 e. The number of halogens is 1. The van der Waals surface area contributed by atoms with Crippen LogP contribution in [0.5, 0.6) is 11.5 Å². The van der Waals surface area contributed by atoms with Gasteiger partial charge in [-0.2, -0.15) is 0 Å². The molecule has 31 heavy (non-hydrogen) atoms. The van der Waals surface area contributed by atoms with Crippen molar-refractivity contribution in [3.05, 3.63) is 95.1 Å². The summed E-state index contributed by atoms with van der Waals surface area (Å²) in [4.78, 5) is 4.85. The summed E-state index contributed by atoms with van der Waals surface area (Å²) in [7, 11) is 0. The van der Waals surface area contributed by atoms with Gasteiger partial charge in [0.25, 0.3) is 0 Å². The van der Waals surface area contributed by atoms with Gasteiger partial charge >= 0.3 is 0 Å². The summed E-state index contributed by atoms with van der Waals surface area (Å²) >= 11 is 3.53. The highest BCUT2D eigenvalue weighted by atomic mass is 79.9. The first kappa shape index (κ1) is 19.8. The highest BCUT2D eigenvalue weighted by molar-refractivity contribution is 9.10.